The van der Waals surface area contributed by atoms with E-state index in [1.54, 1.807) is 0 Å². The van der Waals surface area contributed by atoms with Gasteiger partial charge < -0.3 is 5.32 Å². The molecule has 1 fully saturated rings. The molecule has 1 aliphatic heterocycles. The van der Waals surface area contributed by atoms with E-state index >= 15 is 0 Å². The van der Waals surface area contributed by atoms with Crippen molar-refractivity contribution in [2.24, 2.45) is 0 Å². The standard InChI is InChI=1S/C12H13BrF4N2.ClH/c13-9-3-1-2-8(10(9)14)11(12(15,16)17)19-6-4-18-5-7-19;/h1-3,11,18H,4-7H2;1H/t11-;/m1./s1. The molecule has 2 rings (SSSR count). The number of halogens is 6. The molecule has 1 saturated heterocycles. The highest BCUT2D eigenvalue weighted by molar-refractivity contribution is 9.10. The van der Waals surface area contributed by atoms with Gasteiger partial charge >= 0.3 is 6.18 Å². The molecule has 1 heterocycles. The third kappa shape index (κ3) is 3.84. The van der Waals surface area contributed by atoms with Gasteiger partial charge in [-0.3, -0.25) is 4.90 Å². The second kappa shape index (κ2) is 7.06. The van der Waals surface area contributed by atoms with Gasteiger partial charge in [-0.15, -0.1) is 12.4 Å². The minimum atomic E-state index is -4.50. The van der Waals surface area contributed by atoms with E-state index in [0.717, 1.165) is 0 Å². The molecule has 0 radical (unpaired) electrons. The van der Waals surface area contributed by atoms with E-state index in [1.807, 2.05) is 0 Å². The highest BCUT2D eigenvalue weighted by Crippen LogP contribution is 2.40. The molecule has 1 aromatic rings. The van der Waals surface area contributed by atoms with Crippen molar-refractivity contribution in [2.75, 3.05) is 26.2 Å². The third-order valence-corrected chi connectivity index (χ3v) is 3.72. The molecule has 1 aromatic carbocycles. The normalized spacial score (nSPS) is 18.4. The van der Waals surface area contributed by atoms with Crippen LogP contribution in [-0.4, -0.2) is 37.3 Å². The second-order valence-electron chi connectivity index (χ2n) is 4.37. The SMILES string of the molecule is Cl.Fc1c(Br)cccc1[C@@H](N1CCNCC1)C(F)(F)F. The van der Waals surface area contributed by atoms with Crippen LogP contribution < -0.4 is 5.32 Å². The van der Waals surface area contributed by atoms with E-state index in [2.05, 4.69) is 21.2 Å². The van der Waals surface area contributed by atoms with Gasteiger partial charge in [-0.2, -0.15) is 13.2 Å². The number of piperazine rings is 1. The van der Waals surface area contributed by atoms with E-state index < -0.39 is 18.0 Å². The first-order valence-electron chi connectivity index (χ1n) is 5.86. The Morgan fingerprint density at radius 3 is 2.35 bits per heavy atom. The van der Waals surface area contributed by atoms with Crippen LogP contribution in [-0.2, 0) is 0 Å². The molecule has 0 bridgehead atoms. The van der Waals surface area contributed by atoms with E-state index in [-0.39, 0.29) is 35.5 Å². The van der Waals surface area contributed by atoms with Gasteiger partial charge in [-0.05, 0) is 22.0 Å². The molecule has 1 atom stereocenters. The van der Waals surface area contributed by atoms with Gasteiger partial charge in [0.15, 0.2) is 0 Å². The predicted molar refractivity (Wildman–Crippen MR) is 74.6 cm³/mol. The first-order valence-corrected chi connectivity index (χ1v) is 6.66. The number of hydrogen-bond donors (Lipinski definition) is 1. The monoisotopic (exact) mass is 376 g/mol. The lowest BCUT2D eigenvalue weighted by molar-refractivity contribution is -0.188. The minimum Gasteiger partial charge on any atom is -0.314 e. The fourth-order valence-corrected chi connectivity index (χ4v) is 2.63. The fourth-order valence-electron chi connectivity index (χ4n) is 2.25. The largest absolute Gasteiger partial charge is 0.408 e. The molecule has 1 aliphatic rings. The Kier molecular flexibility index (Phi) is 6.25. The van der Waals surface area contributed by atoms with Gasteiger partial charge in [0.1, 0.15) is 11.9 Å². The molecule has 1 N–H and O–H groups in total. The zero-order valence-electron chi connectivity index (χ0n) is 10.4. The Morgan fingerprint density at radius 2 is 1.80 bits per heavy atom. The average Bonchev–Trinajstić information content (AvgIpc) is 2.35. The topological polar surface area (TPSA) is 15.3 Å². The Bertz CT molecular complexity index is 450. The predicted octanol–water partition coefficient (Wildman–Crippen LogP) is 3.52. The fraction of sp³-hybridized carbons (Fsp3) is 0.500. The van der Waals surface area contributed by atoms with Crippen LogP contribution in [0.3, 0.4) is 0 Å². The maximum atomic E-state index is 13.9. The van der Waals surface area contributed by atoms with Crippen LogP contribution in [0, 0.1) is 5.82 Å². The Hall–Kier alpha value is -0.370. The average molecular weight is 378 g/mol. The Balaban J connectivity index is 0.00000200. The molecule has 0 aliphatic carbocycles. The van der Waals surface area contributed by atoms with Crippen molar-refractivity contribution in [3.8, 4) is 0 Å². The first-order chi connectivity index (χ1) is 8.91. The summed E-state index contributed by atoms with van der Waals surface area (Å²) >= 11 is 2.93. The number of alkyl halides is 3. The van der Waals surface area contributed by atoms with Crippen LogP contribution in [0.5, 0.6) is 0 Å². The summed E-state index contributed by atoms with van der Waals surface area (Å²) < 4.78 is 53.8. The summed E-state index contributed by atoms with van der Waals surface area (Å²) in [5.74, 6) is -0.844. The number of nitrogens with zero attached hydrogens (tertiary/aromatic N) is 1. The zero-order valence-corrected chi connectivity index (χ0v) is 12.8. The molecule has 20 heavy (non-hydrogen) atoms. The number of rotatable bonds is 2. The van der Waals surface area contributed by atoms with Crippen LogP contribution in [0.2, 0.25) is 0 Å². The molecule has 0 aromatic heterocycles. The maximum absolute atomic E-state index is 13.9. The van der Waals surface area contributed by atoms with E-state index in [1.165, 1.54) is 23.1 Å². The lowest BCUT2D eigenvalue weighted by Gasteiger charge is -2.36. The highest BCUT2D eigenvalue weighted by atomic mass is 79.9. The quantitative estimate of drug-likeness (QED) is 0.794. The van der Waals surface area contributed by atoms with Gasteiger partial charge in [0, 0.05) is 31.7 Å². The molecule has 114 valence electrons. The van der Waals surface area contributed by atoms with Gasteiger partial charge in [-0.1, -0.05) is 12.1 Å². The van der Waals surface area contributed by atoms with Crippen LogP contribution in [0.4, 0.5) is 17.6 Å². The third-order valence-electron chi connectivity index (χ3n) is 3.10. The molecule has 0 saturated carbocycles. The van der Waals surface area contributed by atoms with Crippen molar-refractivity contribution in [2.45, 2.75) is 12.2 Å². The van der Waals surface area contributed by atoms with Gasteiger partial charge in [-0.25, -0.2) is 4.39 Å². The van der Waals surface area contributed by atoms with Crippen molar-refractivity contribution < 1.29 is 17.6 Å². The summed E-state index contributed by atoms with van der Waals surface area (Å²) in [4.78, 5) is 1.27. The molecule has 0 spiro atoms. The molecule has 8 heteroatoms. The molecular formula is C12H14BrClF4N2. The van der Waals surface area contributed by atoms with E-state index in [9.17, 15) is 17.6 Å². The summed E-state index contributed by atoms with van der Waals surface area (Å²) in [6, 6.07) is 2.11. The number of nitrogens with one attached hydrogen (secondary N) is 1. The van der Waals surface area contributed by atoms with Gasteiger partial charge in [0.2, 0.25) is 0 Å². The number of hydrogen-bond acceptors (Lipinski definition) is 2. The summed E-state index contributed by atoms with van der Waals surface area (Å²) in [7, 11) is 0. The number of benzene rings is 1. The maximum Gasteiger partial charge on any atom is 0.408 e. The summed E-state index contributed by atoms with van der Waals surface area (Å²) in [6.07, 6.45) is -4.50. The Morgan fingerprint density at radius 1 is 1.20 bits per heavy atom. The van der Waals surface area contributed by atoms with Gasteiger partial charge in [0.05, 0.1) is 4.47 Å². The van der Waals surface area contributed by atoms with Gasteiger partial charge in [0.25, 0.3) is 0 Å². The lowest BCUT2D eigenvalue weighted by atomic mass is 10.0. The van der Waals surface area contributed by atoms with Crippen molar-refractivity contribution in [1.29, 1.82) is 0 Å². The first kappa shape index (κ1) is 17.7. The molecule has 0 amide bonds. The molecule has 2 nitrogen and oxygen atoms in total. The summed E-state index contributed by atoms with van der Waals surface area (Å²) in [5, 5.41) is 2.99. The van der Waals surface area contributed by atoms with Crippen LogP contribution in [0.25, 0.3) is 0 Å². The molecular weight excluding hydrogens is 363 g/mol. The van der Waals surface area contributed by atoms with E-state index in [0.29, 0.717) is 13.1 Å². The van der Waals surface area contributed by atoms with Crippen LogP contribution in [0.15, 0.2) is 22.7 Å². The second-order valence-corrected chi connectivity index (χ2v) is 5.23. The summed E-state index contributed by atoms with van der Waals surface area (Å²) in [5.41, 5.74) is -0.330. The minimum absolute atomic E-state index is 0. The lowest BCUT2D eigenvalue weighted by Crippen LogP contribution is -2.49. The van der Waals surface area contributed by atoms with Crippen molar-refractivity contribution in [3.63, 3.8) is 0 Å². The Labute approximate surface area is 129 Å². The van der Waals surface area contributed by atoms with Crippen molar-refractivity contribution in [1.82, 2.24) is 10.2 Å². The highest BCUT2D eigenvalue weighted by Gasteiger charge is 2.46. The molecule has 0 unspecified atom stereocenters. The van der Waals surface area contributed by atoms with Crippen molar-refractivity contribution >= 4 is 28.3 Å². The van der Waals surface area contributed by atoms with Crippen molar-refractivity contribution in [3.05, 3.63) is 34.1 Å². The van der Waals surface area contributed by atoms with Crippen LogP contribution in [0.1, 0.15) is 11.6 Å². The smallest absolute Gasteiger partial charge is 0.314 e. The summed E-state index contributed by atoms with van der Waals surface area (Å²) in [6.45, 7) is 1.44. The zero-order chi connectivity index (χ0) is 14.0. The van der Waals surface area contributed by atoms with Crippen LogP contribution >= 0.6 is 28.3 Å². The van der Waals surface area contributed by atoms with E-state index in [4.69, 9.17) is 0 Å².